The highest BCUT2D eigenvalue weighted by atomic mass is 19.1. The van der Waals surface area contributed by atoms with Gasteiger partial charge in [0.1, 0.15) is 17.1 Å². The number of nitrogens with one attached hydrogen (secondary N) is 1. The molecule has 2 aliphatic heterocycles. The van der Waals surface area contributed by atoms with Crippen molar-refractivity contribution in [2.75, 3.05) is 26.3 Å². The van der Waals surface area contributed by atoms with Crippen LogP contribution in [0.3, 0.4) is 0 Å². The summed E-state index contributed by atoms with van der Waals surface area (Å²) < 4.78 is 18.6. The summed E-state index contributed by atoms with van der Waals surface area (Å²) in [6.45, 7) is 1.35. The zero-order valence-corrected chi connectivity index (χ0v) is 14.2. The number of carbonyl (C=O) groups excluding carboxylic acids is 1. The first-order valence-corrected chi connectivity index (χ1v) is 8.71. The van der Waals surface area contributed by atoms with Crippen LogP contribution in [0.15, 0.2) is 18.2 Å². The number of aliphatic carboxylic acids is 1. The second-order valence-electron chi connectivity index (χ2n) is 7.12. The molecule has 26 heavy (non-hydrogen) atoms. The van der Waals surface area contributed by atoms with E-state index in [-0.39, 0.29) is 37.2 Å². The highest BCUT2D eigenvalue weighted by molar-refractivity contribution is 5.81. The predicted octanol–water partition coefficient (Wildman–Crippen LogP) is 1.58. The summed E-state index contributed by atoms with van der Waals surface area (Å²) in [5, 5.41) is 9.65. The van der Waals surface area contributed by atoms with Gasteiger partial charge >= 0.3 is 5.97 Å². The van der Waals surface area contributed by atoms with E-state index >= 15 is 0 Å². The summed E-state index contributed by atoms with van der Waals surface area (Å²) in [7, 11) is 0. The molecule has 4 rings (SSSR count). The number of imidazole rings is 1. The molecule has 0 unspecified atom stereocenters. The van der Waals surface area contributed by atoms with Gasteiger partial charge in [0.15, 0.2) is 0 Å². The number of aromatic amines is 1. The standard InChI is InChI=1S/C18H20FN3O4/c19-12-1-2-13-14(7-12)21-15(20-13)3-4-16(23)22-8-11-5-6-26-10-18(11,9-22)17(24)25/h1-2,7,11H,3-6,8-10H2,(H,20,21)(H,24,25)/t11-,18+/m0/s1. The second kappa shape index (κ2) is 6.35. The van der Waals surface area contributed by atoms with Crippen molar-refractivity contribution in [3.05, 3.63) is 29.8 Å². The Balaban J connectivity index is 1.42. The lowest BCUT2D eigenvalue weighted by Gasteiger charge is -2.33. The van der Waals surface area contributed by atoms with E-state index < -0.39 is 11.4 Å². The summed E-state index contributed by atoms with van der Waals surface area (Å²) >= 11 is 0. The fourth-order valence-electron chi connectivity index (χ4n) is 4.02. The lowest BCUT2D eigenvalue weighted by molar-refractivity contribution is -0.159. The summed E-state index contributed by atoms with van der Waals surface area (Å²) in [6, 6.07) is 4.31. The summed E-state index contributed by atoms with van der Waals surface area (Å²) in [6.07, 6.45) is 1.28. The fraction of sp³-hybridized carbons (Fsp3) is 0.500. The average Bonchev–Trinajstić information content (AvgIpc) is 3.20. The van der Waals surface area contributed by atoms with Crippen LogP contribution in [0.1, 0.15) is 18.7 Å². The van der Waals surface area contributed by atoms with Gasteiger partial charge < -0.3 is 19.7 Å². The average molecular weight is 361 g/mol. The number of hydrogen-bond donors (Lipinski definition) is 2. The van der Waals surface area contributed by atoms with Crippen LogP contribution in [0.5, 0.6) is 0 Å². The Labute approximate surface area is 149 Å². The number of halogens is 1. The van der Waals surface area contributed by atoms with Gasteiger partial charge in [-0.15, -0.1) is 0 Å². The van der Waals surface area contributed by atoms with Gasteiger partial charge in [0.05, 0.1) is 17.6 Å². The number of rotatable bonds is 4. The Morgan fingerprint density at radius 2 is 2.31 bits per heavy atom. The van der Waals surface area contributed by atoms with Gasteiger partial charge in [-0.05, 0) is 30.5 Å². The van der Waals surface area contributed by atoms with Gasteiger partial charge in [-0.2, -0.15) is 0 Å². The minimum absolute atomic E-state index is 0.0631. The van der Waals surface area contributed by atoms with E-state index in [1.54, 1.807) is 11.0 Å². The summed E-state index contributed by atoms with van der Waals surface area (Å²) in [5.74, 6) is -0.771. The lowest BCUT2D eigenvalue weighted by atomic mass is 9.76. The van der Waals surface area contributed by atoms with Crippen molar-refractivity contribution in [2.24, 2.45) is 11.3 Å². The minimum Gasteiger partial charge on any atom is -0.481 e. The van der Waals surface area contributed by atoms with Gasteiger partial charge in [-0.3, -0.25) is 9.59 Å². The van der Waals surface area contributed by atoms with E-state index in [2.05, 4.69) is 9.97 Å². The highest BCUT2D eigenvalue weighted by Gasteiger charge is 2.55. The maximum atomic E-state index is 13.2. The lowest BCUT2D eigenvalue weighted by Crippen LogP contribution is -2.46. The molecule has 0 aliphatic carbocycles. The third-order valence-corrected chi connectivity index (χ3v) is 5.51. The SMILES string of the molecule is O=C(CCc1nc2ccc(F)cc2[nH]1)N1C[C@@H]2CCOC[C@]2(C(=O)O)C1. The van der Waals surface area contributed by atoms with Crippen molar-refractivity contribution in [1.82, 2.24) is 14.9 Å². The number of amides is 1. The molecular weight excluding hydrogens is 341 g/mol. The van der Waals surface area contributed by atoms with E-state index in [0.29, 0.717) is 42.9 Å². The number of carbonyl (C=O) groups is 2. The number of fused-ring (bicyclic) bond motifs is 2. The molecule has 1 aromatic heterocycles. The van der Waals surface area contributed by atoms with E-state index in [0.717, 1.165) is 0 Å². The van der Waals surface area contributed by atoms with Gasteiger partial charge in [0.25, 0.3) is 0 Å². The Morgan fingerprint density at radius 3 is 3.08 bits per heavy atom. The van der Waals surface area contributed by atoms with E-state index in [1.165, 1.54) is 12.1 Å². The molecule has 8 heteroatoms. The Hall–Kier alpha value is -2.48. The number of H-pyrrole nitrogens is 1. The Kier molecular flexibility index (Phi) is 4.14. The van der Waals surface area contributed by atoms with Gasteiger partial charge in [-0.25, -0.2) is 9.37 Å². The first-order valence-electron chi connectivity index (χ1n) is 8.71. The number of benzene rings is 1. The molecule has 2 fully saturated rings. The van der Waals surface area contributed by atoms with Crippen LogP contribution < -0.4 is 0 Å². The van der Waals surface area contributed by atoms with Crippen molar-refractivity contribution in [2.45, 2.75) is 19.3 Å². The molecule has 2 atom stereocenters. The van der Waals surface area contributed by atoms with Crippen molar-refractivity contribution >= 4 is 22.9 Å². The minimum atomic E-state index is -0.981. The number of carboxylic acid groups (broad SMARTS) is 1. The van der Waals surface area contributed by atoms with Crippen LogP contribution in [0.4, 0.5) is 4.39 Å². The number of hydrogen-bond acceptors (Lipinski definition) is 4. The van der Waals surface area contributed by atoms with E-state index in [1.807, 2.05) is 0 Å². The Morgan fingerprint density at radius 1 is 1.46 bits per heavy atom. The second-order valence-corrected chi connectivity index (χ2v) is 7.12. The van der Waals surface area contributed by atoms with Gasteiger partial charge in [0.2, 0.25) is 5.91 Å². The van der Waals surface area contributed by atoms with Crippen molar-refractivity contribution < 1.29 is 23.8 Å². The molecule has 0 saturated carbocycles. The largest absolute Gasteiger partial charge is 0.481 e. The van der Waals surface area contributed by atoms with Gasteiger partial charge in [0, 0.05) is 32.5 Å². The smallest absolute Gasteiger partial charge is 0.314 e. The van der Waals surface area contributed by atoms with Crippen LogP contribution in [0, 0.1) is 17.2 Å². The van der Waals surface area contributed by atoms with Gasteiger partial charge in [-0.1, -0.05) is 0 Å². The summed E-state index contributed by atoms with van der Waals surface area (Å²) in [4.78, 5) is 33.4. The summed E-state index contributed by atoms with van der Waals surface area (Å²) in [5.41, 5.74) is 0.273. The van der Waals surface area contributed by atoms with Crippen LogP contribution in [0.2, 0.25) is 0 Å². The number of aromatic nitrogens is 2. The predicted molar refractivity (Wildman–Crippen MR) is 89.9 cm³/mol. The molecule has 2 N–H and O–H groups in total. The molecular formula is C18H20FN3O4. The molecule has 7 nitrogen and oxygen atoms in total. The third-order valence-electron chi connectivity index (χ3n) is 5.51. The molecule has 1 aromatic carbocycles. The van der Waals surface area contributed by atoms with E-state index in [4.69, 9.17) is 4.74 Å². The zero-order valence-electron chi connectivity index (χ0n) is 14.2. The molecule has 0 spiro atoms. The first kappa shape index (κ1) is 17.0. The van der Waals surface area contributed by atoms with Crippen molar-refractivity contribution in [3.8, 4) is 0 Å². The van der Waals surface area contributed by atoms with Crippen LogP contribution in [-0.2, 0) is 20.7 Å². The first-order chi connectivity index (χ1) is 12.5. The topological polar surface area (TPSA) is 95.5 Å². The number of aryl methyl sites for hydroxylation is 1. The van der Waals surface area contributed by atoms with Crippen LogP contribution in [-0.4, -0.2) is 58.2 Å². The number of ether oxygens (including phenoxy) is 1. The maximum absolute atomic E-state index is 13.2. The quantitative estimate of drug-likeness (QED) is 0.862. The zero-order chi connectivity index (χ0) is 18.3. The molecule has 0 radical (unpaired) electrons. The number of carboxylic acids is 1. The normalized spacial score (nSPS) is 25.4. The molecule has 1 amide bonds. The highest BCUT2D eigenvalue weighted by Crippen LogP contribution is 2.41. The van der Waals surface area contributed by atoms with Crippen molar-refractivity contribution in [1.29, 1.82) is 0 Å². The fourth-order valence-corrected chi connectivity index (χ4v) is 4.02. The molecule has 0 bridgehead atoms. The monoisotopic (exact) mass is 361 g/mol. The maximum Gasteiger partial charge on any atom is 0.314 e. The molecule has 2 aromatic rings. The molecule has 138 valence electrons. The number of likely N-dealkylation sites (tertiary alicyclic amines) is 1. The Bertz CT molecular complexity index is 867. The molecule has 2 saturated heterocycles. The van der Waals surface area contributed by atoms with Crippen molar-refractivity contribution in [3.63, 3.8) is 0 Å². The van der Waals surface area contributed by atoms with E-state index in [9.17, 15) is 19.1 Å². The number of nitrogens with zero attached hydrogens (tertiary/aromatic N) is 2. The molecule has 2 aliphatic rings. The third kappa shape index (κ3) is 2.84. The molecule has 3 heterocycles. The van der Waals surface area contributed by atoms with Crippen LogP contribution in [0.25, 0.3) is 11.0 Å². The van der Waals surface area contributed by atoms with Crippen LogP contribution >= 0.6 is 0 Å².